The average Bonchev–Trinajstić information content (AvgIpc) is 3.62. The van der Waals surface area contributed by atoms with Gasteiger partial charge >= 0.3 is 0 Å². The monoisotopic (exact) mass is 646 g/mol. The zero-order valence-corrected chi connectivity index (χ0v) is 29.3. The molecule has 0 unspecified atom stereocenters. The van der Waals surface area contributed by atoms with E-state index in [1.54, 1.807) is 12.1 Å². The Hall–Kier alpha value is -6.10. The molecule has 0 bridgehead atoms. The molecule has 2 heterocycles. The number of nitrogens with zero attached hydrogens (tertiary/aromatic N) is 4. The number of hydrogen-bond acceptors (Lipinski definition) is 2. The van der Waals surface area contributed by atoms with Gasteiger partial charge in [-0.2, -0.15) is 10.5 Å². The van der Waals surface area contributed by atoms with E-state index in [-0.39, 0.29) is 10.8 Å². The Morgan fingerprint density at radius 1 is 0.460 bits per heavy atom. The minimum absolute atomic E-state index is 0.0325. The molecule has 4 nitrogen and oxygen atoms in total. The van der Waals surface area contributed by atoms with E-state index in [1.807, 2.05) is 6.07 Å². The van der Waals surface area contributed by atoms with Gasteiger partial charge in [0, 0.05) is 27.2 Å². The number of nitriles is 2. The van der Waals surface area contributed by atoms with Crippen LogP contribution in [0.4, 0.5) is 0 Å². The molecule has 0 amide bonds. The molecule has 0 atom stereocenters. The smallest absolute Gasteiger partial charge is 0.101 e. The highest BCUT2D eigenvalue weighted by molar-refractivity contribution is 6.13. The van der Waals surface area contributed by atoms with Crippen LogP contribution in [0.2, 0.25) is 0 Å². The number of benzene rings is 6. The topological polar surface area (TPSA) is 57.4 Å². The van der Waals surface area contributed by atoms with Gasteiger partial charge in [0.15, 0.2) is 0 Å². The lowest BCUT2D eigenvalue weighted by molar-refractivity contribution is 0.591. The Morgan fingerprint density at radius 2 is 1.02 bits per heavy atom. The summed E-state index contributed by atoms with van der Waals surface area (Å²) in [5, 5.41) is 24.4. The van der Waals surface area contributed by atoms with Crippen molar-refractivity contribution in [2.45, 2.75) is 52.4 Å². The molecule has 0 N–H and O–H groups in total. The van der Waals surface area contributed by atoms with E-state index < -0.39 is 0 Å². The van der Waals surface area contributed by atoms with Crippen molar-refractivity contribution in [3.05, 3.63) is 144 Å². The summed E-state index contributed by atoms with van der Waals surface area (Å²) in [6.07, 6.45) is 0. The Balaban J connectivity index is 1.39. The number of aromatic nitrogens is 2. The van der Waals surface area contributed by atoms with Crippen LogP contribution in [0.3, 0.4) is 0 Å². The summed E-state index contributed by atoms with van der Waals surface area (Å²) in [5.74, 6) is 0. The van der Waals surface area contributed by atoms with Gasteiger partial charge < -0.3 is 9.13 Å². The first kappa shape index (κ1) is 31.2. The summed E-state index contributed by atoms with van der Waals surface area (Å²) in [4.78, 5) is 0. The van der Waals surface area contributed by atoms with Crippen molar-refractivity contribution in [3.63, 3.8) is 0 Å². The van der Waals surface area contributed by atoms with Crippen LogP contribution >= 0.6 is 0 Å². The molecular formula is C46H38N4. The number of para-hydroxylation sites is 1. The second-order valence-electron chi connectivity index (χ2n) is 15.4. The van der Waals surface area contributed by atoms with Gasteiger partial charge in [-0.15, -0.1) is 0 Å². The minimum Gasteiger partial charge on any atom is -0.309 e. The van der Waals surface area contributed by atoms with Crippen LogP contribution in [0.15, 0.2) is 121 Å². The number of rotatable bonds is 3. The van der Waals surface area contributed by atoms with Crippen LogP contribution in [0, 0.1) is 22.7 Å². The highest BCUT2D eigenvalue weighted by atomic mass is 15.0. The maximum atomic E-state index is 10.1. The van der Waals surface area contributed by atoms with Crippen molar-refractivity contribution in [1.82, 2.24) is 9.13 Å². The first-order valence-corrected chi connectivity index (χ1v) is 17.1. The second kappa shape index (κ2) is 11.2. The lowest BCUT2D eigenvalue weighted by Crippen LogP contribution is -2.10. The number of hydrogen-bond donors (Lipinski definition) is 0. The van der Waals surface area contributed by atoms with Crippen molar-refractivity contribution in [3.8, 4) is 34.6 Å². The van der Waals surface area contributed by atoms with E-state index in [9.17, 15) is 10.5 Å². The first-order chi connectivity index (χ1) is 24.0. The minimum atomic E-state index is -0.0325. The van der Waals surface area contributed by atoms with E-state index in [0.29, 0.717) is 11.1 Å². The molecule has 0 saturated heterocycles. The Labute approximate surface area is 293 Å². The van der Waals surface area contributed by atoms with E-state index >= 15 is 0 Å². The standard InChI is InChI=1S/C46H38N4/c1-45(2,3)33-15-20-41-38(25-33)36-17-13-31(24-44(36)49(41)35-10-8-7-9-11-35)30-14-19-42-37(23-30)39-26-34(46(4,5)6)16-21-43(39)50(42)40-18-12-29(27-47)22-32(40)28-48/h7-26H,1-6H3. The molecule has 8 rings (SSSR count). The maximum Gasteiger partial charge on any atom is 0.101 e. The van der Waals surface area contributed by atoms with Gasteiger partial charge in [0.25, 0.3) is 0 Å². The molecule has 4 heteroatoms. The van der Waals surface area contributed by atoms with Crippen LogP contribution in [-0.2, 0) is 10.8 Å². The quantitative estimate of drug-likeness (QED) is 0.192. The molecule has 0 radical (unpaired) electrons. The van der Waals surface area contributed by atoms with Crippen LogP contribution in [-0.4, -0.2) is 9.13 Å². The largest absolute Gasteiger partial charge is 0.309 e. The van der Waals surface area contributed by atoms with E-state index in [0.717, 1.165) is 44.3 Å². The highest BCUT2D eigenvalue weighted by Gasteiger charge is 2.22. The van der Waals surface area contributed by atoms with Gasteiger partial charge in [-0.3, -0.25) is 0 Å². The molecule has 0 aliphatic carbocycles. The first-order valence-electron chi connectivity index (χ1n) is 17.1. The van der Waals surface area contributed by atoms with Crippen molar-refractivity contribution in [2.75, 3.05) is 0 Å². The molecule has 8 aromatic rings. The zero-order chi connectivity index (χ0) is 34.9. The molecule has 242 valence electrons. The number of fused-ring (bicyclic) bond motifs is 6. The molecule has 0 aliphatic rings. The van der Waals surface area contributed by atoms with E-state index in [4.69, 9.17) is 0 Å². The Kier molecular flexibility index (Phi) is 7.00. The van der Waals surface area contributed by atoms with Gasteiger partial charge in [0.05, 0.1) is 45.0 Å². The van der Waals surface area contributed by atoms with E-state index in [1.165, 1.54) is 32.9 Å². The predicted molar refractivity (Wildman–Crippen MR) is 207 cm³/mol. The molecular weight excluding hydrogens is 609 g/mol. The fraction of sp³-hybridized carbons (Fsp3) is 0.174. The molecule has 0 fully saturated rings. The van der Waals surface area contributed by atoms with Crippen LogP contribution in [0.5, 0.6) is 0 Å². The lowest BCUT2D eigenvalue weighted by atomic mass is 9.86. The Bertz CT molecular complexity index is 2730. The van der Waals surface area contributed by atoms with Crippen molar-refractivity contribution in [1.29, 1.82) is 10.5 Å². The second-order valence-corrected chi connectivity index (χ2v) is 15.4. The van der Waals surface area contributed by atoms with Gasteiger partial charge in [0.2, 0.25) is 0 Å². The molecule has 50 heavy (non-hydrogen) atoms. The van der Waals surface area contributed by atoms with Gasteiger partial charge in [0.1, 0.15) is 6.07 Å². The zero-order valence-electron chi connectivity index (χ0n) is 29.3. The Morgan fingerprint density at radius 3 is 1.64 bits per heavy atom. The summed E-state index contributed by atoms with van der Waals surface area (Å²) in [7, 11) is 0. The third-order valence-electron chi connectivity index (χ3n) is 10.1. The predicted octanol–water partition coefficient (Wildman–Crippen LogP) is 11.9. The van der Waals surface area contributed by atoms with Crippen molar-refractivity contribution in [2.24, 2.45) is 0 Å². The van der Waals surface area contributed by atoms with Crippen LogP contribution in [0.25, 0.3) is 66.1 Å². The third-order valence-corrected chi connectivity index (χ3v) is 10.1. The van der Waals surface area contributed by atoms with Gasteiger partial charge in [-0.25, -0.2) is 0 Å². The van der Waals surface area contributed by atoms with Crippen molar-refractivity contribution >= 4 is 43.6 Å². The van der Waals surface area contributed by atoms with Crippen LogP contribution < -0.4 is 0 Å². The highest BCUT2D eigenvalue weighted by Crippen LogP contribution is 2.40. The van der Waals surface area contributed by atoms with Gasteiger partial charge in [-0.1, -0.05) is 90.1 Å². The van der Waals surface area contributed by atoms with Crippen molar-refractivity contribution < 1.29 is 0 Å². The summed E-state index contributed by atoms with van der Waals surface area (Å²) in [5.41, 5.74) is 12.1. The third kappa shape index (κ3) is 4.96. The summed E-state index contributed by atoms with van der Waals surface area (Å²) < 4.78 is 4.55. The van der Waals surface area contributed by atoms with Gasteiger partial charge in [-0.05, 0) is 106 Å². The molecule has 2 aromatic heterocycles. The summed E-state index contributed by atoms with van der Waals surface area (Å²) >= 11 is 0. The fourth-order valence-corrected chi connectivity index (χ4v) is 7.34. The SMILES string of the molecule is CC(C)(C)c1ccc2c(c1)c1ccc(-c3ccc4c(c3)c3cc(C(C)(C)C)ccc3n4-c3ccc(C#N)cc3C#N)cc1n2-c1ccccc1. The summed E-state index contributed by atoms with van der Waals surface area (Å²) in [6, 6.07) is 47.6. The maximum absolute atomic E-state index is 10.1. The molecule has 0 saturated carbocycles. The lowest BCUT2D eigenvalue weighted by Gasteiger charge is -2.19. The molecule has 0 aliphatic heterocycles. The average molecular weight is 647 g/mol. The van der Waals surface area contributed by atoms with Crippen LogP contribution in [0.1, 0.15) is 63.8 Å². The molecule has 6 aromatic carbocycles. The van der Waals surface area contributed by atoms with E-state index in [2.05, 4.69) is 166 Å². The fourth-order valence-electron chi connectivity index (χ4n) is 7.34. The molecule has 0 spiro atoms. The normalized spacial score (nSPS) is 12.2. The summed E-state index contributed by atoms with van der Waals surface area (Å²) in [6.45, 7) is 13.5.